The molecule has 92 valence electrons. The summed E-state index contributed by atoms with van der Waals surface area (Å²) in [6, 6.07) is 8.17. The Morgan fingerprint density at radius 1 is 1.41 bits per heavy atom. The number of ether oxygens (including phenoxy) is 1. The summed E-state index contributed by atoms with van der Waals surface area (Å²) in [5.74, 6) is -0.224. The van der Waals surface area contributed by atoms with Gasteiger partial charge in [-0.25, -0.2) is 0 Å². The van der Waals surface area contributed by atoms with Crippen LogP contribution in [0.15, 0.2) is 24.3 Å². The Bertz CT molecular complexity index is 403. The summed E-state index contributed by atoms with van der Waals surface area (Å²) in [5.41, 5.74) is 2.38. The first-order valence-corrected chi connectivity index (χ1v) is 6.23. The van der Waals surface area contributed by atoms with E-state index in [-0.39, 0.29) is 11.9 Å². The Labute approximate surface area is 102 Å². The third kappa shape index (κ3) is 2.50. The van der Waals surface area contributed by atoms with Gasteiger partial charge in [-0.3, -0.25) is 9.69 Å². The molecule has 2 rings (SSSR count). The highest BCUT2D eigenvalue weighted by atomic mass is 16.5. The van der Waals surface area contributed by atoms with Crippen molar-refractivity contribution in [3.05, 3.63) is 35.4 Å². The zero-order valence-corrected chi connectivity index (χ0v) is 10.5. The fraction of sp³-hybridized carbons (Fsp3) is 0.500. The van der Waals surface area contributed by atoms with Crippen LogP contribution in [0.2, 0.25) is 0 Å². The normalized spacial score (nSPS) is 19.8. The highest BCUT2D eigenvalue weighted by Gasteiger charge is 2.30. The highest BCUT2D eigenvalue weighted by Crippen LogP contribution is 2.28. The molecule has 0 saturated heterocycles. The minimum Gasteiger partial charge on any atom is -0.465 e. The smallest absolute Gasteiger partial charge is 0.314 e. The highest BCUT2D eigenvalue weighted by molar-refractivity contribution is 5.79. The van der Waals surface area contributed by atoms with Crippen LogP contribution in [0.25, 0.3) is 0 Å². The molecule has 0 bridgehead atoms. The largest absolute Gasteiger partial charge is 0.465 e. The lowest BCUT2D eigenvalue weighted by Gasteiger charge is -2.32. The van der Waals surface area contributed by atoms with Gasteiger partial charge in [-0.1, -0.05) is 31.2 Å². The summed E-state index contributed by atoms with van der Waals surface area (Å²) in [6.07, 6.45) is 0. The molecule has 1 aromatic rings. The second kappa shape index (κ2) is 5.32. The van der Waals surface area contributed by atoms with E-state index in [1.54, 1.807) is 0 Å². The van der Waals surface area contributed by atoms with Crippen LogP contribution < -0.4 is 0 Å². The molecule has 3 nitrogen and oxygen atoms in total. The predicted molar refractivity (Wildman–Crippen MR) is 66.8 cm³/mol. The molecule has 0 radical (unpaired) electrons. The number of nitrogens with zero attached hydrogens (tertiary/aromatic N) is 1. The van der Waals surface area contributed by atoms with Gasteiger partial charge in [-0.15, -0.1) is 0 Å². The maximum Gasteiger partial charge on any atom is 0.314 e. The van der Waals surface area contributed by atoms with Crippen LogP contribution in [-0.4, -0.2) is 30.6 Å². The van der Waals surface area contributed by atoms with E-state index in [0.717, 1.165) is 25.2 Å². The summed E-state index contributed by atoms with van der Waals surface area (Å²) in [4.78, 5) is 14.3. The fourth-order valence-corrected chi connectivity index (χ4v) is 2.37. The van der Waals surface area contributed by atoms with Crippen molar-refractivity contribution in [1.29, 1.82) is 0 Å². The molecule has 1 unspecified atom stereocenters. The van der Waals surface area contributed by atoms with Crippen LogP contribution >= 0.6 is 0 Å². The van der Waals surface area contributed by atoms with Crippen molar-refractivity contribution in [3.63, 3.8) is 0 Å². The average molecular weight is 233 g/mol. The minimum atomic E-state index is -0.125. The molecule has 0 N–H and O–H groups in total. The Hall–Kier alpha value is -1.35. The maximum absolute atomic E-state index is 12.0. The molecule has 1 aliphatic rings. The Balaban J connectivity index is 2.29. The molecule has 1 aromatic carbocycles. The summed E-state index contributed by atoms with van der Waals surface area (Å²) >= 11 is 0. The molecule has 17 heavy (non-hydrogen) atoms. The average Bonchev–Trinajstić information content (AvgIpc) is 2.37. The van der Waals surface area contributed by atoms with Crippen molar-refractivity contribution in [1.82, 2.24) is 4.90 Å². The summed E-state index contributed by atoms with van der Waals surface area (Å²) in [7, 11) is 0. The van der Waals surface area contributed by atoms with Gasteiger partial charge in [0, 0.05) is 13.1 Å². The Kier molecular flexibility index (Phi) is 3.79. The van der Waals surface area contributed by atoms with Gasteiger partial charge in [0.2, 0.25) is 0 Å². The number of hydrogen-bond acceptors (Lipinski definition) is 3. The third-order valence-corrected chi connectivity index (χ3v) is 3.28. The van der Waals surface area contributed by atoms with Crippen LogP contribution in [0.1, 0.15) is 30.9 Å². The lowest BCUT2D eigenvalue weighted by Crippen LogP contribution is -2.37. The Morgan fingerprint density at radius 3 is 2.88 bits per heavy atom. The molecule has 1 atom stereocenters. The molecular weight excluding hydrogens is 214 g/mol. The molecule has 0 fully saturated rings. The van der Waals surface area contributed by atoms with E-state index in [4.69, 9.17) is 4.74 Å². The van der Waals surface area contributed by atoms with E-state index in [9.17, 15) is 4.79 Å². The second-order valence-electron chi connectivity index (χ2n) is 4.33. The summed E-state index contributed by atoms with van der Waals surface area (Å²) < 4.78 is 5.17. The molecule has 3 heteroatoms. The first-order chi connectivity index (χ1) is 8.26. The lowest BCUT2D eigenvalue weighted by molar-refractivity contribution is -0.145. The maximum atomic E-state index is 12.0. The number of esters is 1. The van der Waals surface area contributed by atoms with Crippen LogP contribution in [0.3, 0.4) is 0 Å². The molecular formula is C14H19NO2. The Morgan fingerprint density at radius 2 is 2.18 bits per heavy atom. The van der Waals surface area contributed by atoms with E-state index in [1.807, 2.05) is 25.1 Å². The number of rotatable bonds is 3. The molecule has 1 heterocycles. The fourth-order valence-electron chi connectivity index (χ4n) is 2.37. The predicted octanol–water partition coefficient (Wildman–Crippen LogP) is 2.17. The monoisotopic (exact) mass is 233 g/mol. The molecule has 0 aliphatic carbocycles. The van der Waals surface area contributed by atoms with Gasteiger partial charge in [0.05, 0.1) is 12.5 Å². The van der Waals surface area contributed by atoms with Gasteiger partial charge >= 0.3 is 5.97 Å². The molecule has 0 aromatic heterocycles. The lowest BCUT2D eigenvalue weighted by atomic mass is 9.90. The van der Waals surface area contributed by atoms with Gasteiger partial charge in [0.15, 0.2) is 0 Å². The molecule has 0 spiro atoms. The van der Waals surface area contributed by atoms with Crippen molar-refractivity contribution in [2.75, 3.05) is 19.7 Å². The summed E-state index contributed by atoms with van der Waals surface area (Å²) in [5, 5.41) is 0. The topological polar surface area (TPSA) is 29.5 Å². The third-order valence-electron chi connectivity index (χ3n) is 3.28. The van der Waals surface area contributed by atoms with Crippen LogP contribution in [0.5, 0.6) is 0 Å². The van der Waals surface area contributed by atoms with Crippen molar-refractivity contribution in [2.45, 2.75) is 26.3 Å². The van der Waals surface area contributed by atoms with Crippen molar-refractivity contribution in [2.24, 2.45) is 0 Å². The number of benzene rings is 1. The standard InChI is InChI=1S/C14H19NO2/c1-3-15-9-11-7-5-6-8-12(11)13(10-15)14(16)17-4-2/h5-8,13H,3-4,9-10H2,1-2H3. The molecule has 0 saturated carbocycles. The quantitative estimate of drug-likeness (QED) is 0.749. The van der Waals surface area contributed by atoms with Crippen LogP contribution in [0.4, 0.5) is 0 Å². The van der Waals surface area contributed by atoms with Gasteiger partial charge in [-0.05, 0) is 24.6 Å². The van der Waals surface area contributed by atoms with Crippen LogP contribution in [0, 0.1) is 0 Å². The van der Waals surface area contributed by atoms with Gasteiger partial charge in [0.25, 0.3) is 0 Å². The van der Waals surface area contributed by atoms with Crippen LogP contribution in [-0.2, 0) is 16.1 Å². The van der Waals surface area contributed by atoms with E-state index < -0.39 is 0 Å². The SMILES string of the molecule is CCOC(=O)C1CN(CC)Cc2ccccc21. The number of carbonyl (C=O) groups is 1. The van der Waals surface area contributed by atoms with E-state index in [0.29, 0.717) is 6.61 Å². The zero-order valence-electron chi connectivity index (χ0n) is 10.5. The number of carbonyl (C=O) groups excluding carboxylic acids is 1. The first-order valence-electron chi connectivity index (χ1n) is 6.23. The first kappa shape index (κ1) is 12.1. The van der Waals surface area contributed by atoms with Crippen molar-refractivity contribution < 1.29 is 9.53 Å². The molecule has 0 amide bonds. The minimum absolute atomic E-state index is 0.0990. The second-order valence-corrected chi connectivity index (χ2v) is 4.33. The van der Waals surface area contributed by atoms with Gasteiger partial charge in [0.1, 0.15) is 0 Å². The van der Waals surface area contributed by atoms with E-state index >= 15 is 0 Å². The van der Waals surface area contributed by atoms with Gasteiger partial charge < -0.3 is 4.74 Å². The summed E-state index contributed by atoms with van der Waals surface area (Å²) in [6.45, 7) is 7.09. The van der Waals surface area contributed by atoms with Crippen molar-refractivity contribution in [3.8, 4) is 0 Å². The van der Waals surface area contributed by atoms with E-state index in [1.165, 1.54) is 5.56 Å². The molecule has 1 aliphatic heterocycles. The van der Waals surface area contributed by atoms with Gasteiger partial charge in [-0.2, -0.15) is 0 Å². The zero-order chi connectivity index (χ0) is 12.3. The number of fused-ring (bicyclic) bond motifs is 1. The number of hydrogen-bond donors (Lipinski definition) is 0. The van der Waals surface area contributed by atoms with Crippen molar-refractivity contribution >= 4 is 5.97 Å². The number of likely N-dealkylation sites (N-methyl/N-ethyl adjacent to an activating group) is 1. The van der Waals surface area contributed by atoms with E-state index in [2.05, 4.69) is 17.9 Å².